The van der Waals surface area contributed by atoms with Crippen LogP contribution < -0.4 is 5.56 Å². The van der Waals surface area contributed by atoms with Crippen LogP contribution in [0, 0.1) is 10.1 Å². The molecule has 0 spiro atoms. The summed E-state index contributed by atoms with van der Waals surface area (Å²) in [5.74, 6) is 0. The van der Waals surface area contributed by atoms with Gasteiger partial charge in [-0.3, -0.25) is 19.5 Å². The van der Waals surface area contributed by atoms with E-state index >= 15 is 0 Å². The molecule has 2 rings (SSSR count). The SMILES string of the molecule is CC(O)C(C)n1cnc2ccc([N+](=O)[O-])cc2c1=O. The minimum Gasteiger partial charge on any atom is -0.391 e. The number of aliphatic hydroxyl groups is 1. The van der Waals surface area contributed by atoms with Gasteiger partial charge in [0, 0.05) is 12.1 Å². The highest BCUT2D eigenvalue weighted by molar-refractivity contribution is 5.79. The predicted octanol–water partition coefficient (Wildman–Crippen LogP) is 1.25. The molecule has 100 valence electrons. The molecule has 0 bridgehead atoms. The second-order valence-electron chi connectivity index (χ2n) is 4.40. The predicted molar refractivity (Wildman–Crippen MR) is 69.0 cm³/mol. The van der Waals surface area contributed by atoms with Gasteiger partial charge in [0.25, 0.3) is 11.2 Å². The second-order valence-corrected chi connectivity index (χ2v) is 4.40. The molecule has 0 amide bonds. The largest absolute Gasteiger partial charge is 0.391 e. The minimum atomic E-state index is -0.726. The number of non-ortho nitro benzene ring substituents is 1. The number of nitrogens with zero attached hydrogens (tertiary/aromatic N) is 3. The van der Waals surface area contributed by atoms with E-state index in [0.29, 0.717) is 5.52 Å². The molecule has 0 aliphatic rings. The number of aromatic nitrogens is 2. The molecule has 0 aliphatic heterocycles. The Morgan fingerprint density at radius 1 is 1.42 bits per heavy atom. The summed E-state index contributed by atoms with van der Waals surface area (Å²) < 4.78 is 1.27. The lowest BCUT2D eigenvalue weighted by Crippen LogP contribution is -2.29. The molecule has 1 aromatic carbocycles. The average molecular weight is 263 g/mol. The van der Waals surface area contributed by atoms with E-state index in [1.165, 1.54) is 29.1 Å². The van der Waals surface area contributed by atoms with E-state index in [-0.39, 0.29) is 11.1 Å². The first-order chi connectivity index (χ1) is 8.91. The summed E-state index contributed by atoms with van der Waals surface area (Å²) in [5, 5.41) is 20.4. The molecular weight excluding hydrogens is 250 g/mol. The lowest BCUT2D eigenvalue weighted by atomic mass is 10.2. The van der Waals surface area contributed by atoms with E-state index < -0.39 is 22.6 Å². The van der Waals surface area contributed by atoms with Gasteiger partial charge < -0.3 is 5.11 Å². The van der Waals surface area contributed by atoms with Gasteiger partial charge in [0.15, 0.2) is 0 Å². The fraction of sp³-hybridized carbons (Fsp3) is 0.333. The summed E-state index contributed by atoms with van der Waals surface area (Å²) in [6, 6.07) is 3.49. The Balaban J connectivity index is 2.69. The number of benzene rings is 1. The van der Waals surface area contributed by atoms with E-state index in [1.807, 2.05) is 0 Å². The number of nitro groups is 1. The monoisotopic (exact) mass is 263 g/mol. The highest BCUT2D eigenvalue weighted by Crippen LogP contribution is 2.17. The van der Waals surface area contributed by atoms with Crippen molar-refractivity contribution in [1.82, 2.24) is 9.55 Å². The zero-order valence-electron chi connectivity index (χ0n) is 10.5. The standard InChI is InChI=1S/C12H13N3O4/c1-7(8(2)16)14-6-13-11-4-3-9(15(18)19)5-10(11)12(14)17/h3-8,16H,1-2H3. The van der Waals surface area contributed by atoms with Gasteiger partial charge in [0.2, 0.25) is 0 Å². The van der Waals surface area contributed by atoms with Gasteiger partial charge in [0.1, 0.15) is 0 Å². The van der Waals surface area contributed by atoms with E-state index in [9.17, 15) is 20.0 Å². The molecule has 7 heteroatoms. The van der Waals surface area contributed by atoms with Crippen LogP contribution in [0.5, 0.6) is 0 Å². The van der Waals surface area contributed by atoms with Gasteiger partial charge >= 0.3 is 0 Å². The Bertz CT molecular complexity index is 693. The molecule has 1 N–H and O–H groups in total. The van der Waals surface area contributed by atoms with E-state index in [2.05, 4.69) is 4.98 Å². The zero-order valence-corrected chi connectivity index (χ0v) is 10.5. The van der Waals surface area contributed by atoms with Crippen molar-refractivity contribution in [3.05, 3.63) is 45.0 Å². The average Bonchev–Trinajstić information content (AvgIpc) is 2.38. The molecule has 7 nitrogen and oxygen atoms in total. The molecule has 0 saturated carbocycles. The van der Waals surface area contributed by atoms with Gasteiger partial charge in [-0.1, -0.05) is 0 Å². The third kappa shape index (κ3) is 2.32. The third-order valence-corrected chi connectivity index (χ3v) is 3.11. The number of nitro benzene ring substituents is 1. The van der Waals surface area contributed by atoms with Crippen LogP contribution >= 0.6 is 0 Å². The Labute approximate surface area is 108 Å². The van der Waals surface area contributed by atoms with E-state index in [1.54, 1.807) is 13.8 Å². The second kappa shape index (κ2) is 4.77. The zero-order chi connectivity index (χ0) is 14.2. The van der Waals surface area contributed by atoms with Crippen molar-refractivity contribution in [2.45, 2.75) is 26.0 Å². The maximum absolute atomic E-state index is 12.2. The smallest absolute Gasteiger partial charge is 0.270 e. The number of fused-ring (bicyclic) bond motifs is 1. The van der Waals surface area contributed by atoms with Crippen molar-refractivity contribution < 1.29 is 10.0 Å². The highest BCUT2D eigenvalue weighted by atomic mass is 16.6. The molecule has 2 atom stereocenters. The maximum Gasteiger partial charge on any atom is 0.270 e. The Hall–Kier alpha value is -2.28. The molecule has 1 aromatic heterocycles. The van der Waals surface area contributed by atoms with Crippen LogP contribution in [-0.4, -0.2) is 25.7 Å². The van der Waals surface area contributed by atoms with Crippen LogP contribution in [-0.2, 0) is 0 Å². The van der Waals surface area contributed by atoms with Crippen LogP contribution in [0.2, 0.25) is 0 Å². The molecule has 0 fully saturated rings. The van der Waals surface area contributed by atoms with Crippen molar-refractivity contribution in [1.29, 1.82) is 0 Å². The summed E-state index contributed by atoms with van der Waals surface area (Å²) in [5.41, 5.74) is -0.166. The maximum atomic E-state index is 12.2. The Morgan fingerprint density at radius 2 is 2.11 bits per heavy atom. The molecule has 0 aliphatic carbocycles. The first-order valence-electron chi connectivity index (χ1n) is 5.75. The third-order valence-electron chi connectivity index (χ3n) is 3.11. The molecule has 2 unspecified atom stereocenters. The summed E-state index contributed by atoms with van der Waals surface area (Å²) in [6.07, 6.45) is 0.615. The number of rotatable bonds is 3. The van der Waals surface area contributed by atoms with Crippen molar-refractivity contribution in [3.8, 4) is 0 Å². The molecule has 1 heterocycles. The van der Waals surface area contributed by atoms with Crippen LogP contribution in [0.1, 0.15) is 19.9 Å². The van der Waals surface area contributed by atoms with Crippen LogP contribution in [0.3, 0.4) is 0 Å². The molecule has 19 heavy (non-hydrogen) atoms. The lowest BCUT2D eigenvalue weighted by Gasteiger charge is -2.17. The first-order valence-corrected chi connectivity index (χ1v) is 5.75. The van der Waals surface area contributed by atoms with Crippen LogP contribution in [0.15, 0.2) is 29.3 Å². The summed E-state index contributed by atoms with van der Waals surface area (Å²) in [7, 11) is 0. The molecule has 0 saturated heterocycles. The van der Waals surface area contributed by atoms with Crippen molar-refractivity contribution >= 4 is 16.6 Å². The fourth-order valence-corrected chi connectivity index (χ4v) is 1.76. The molecule has 0 radical (unpaired) electrons. The van der Waals surface area contributed by atoms with Crippen molar-refractivity contribution in [3.63, 3.8) is 0 Å². The normalized spacial score (nSPS) is 14.3. The lowest BCUT2D eigenvalue weighted by molar-refractivity contribution is -0.384. The number of aliphatic hydroxyl groups excluding tert-OH is 1. The van der Waals surface area contributed by atoms with E-state index in [4.69, 9.17) is 0 Å². The Morgan fingerprint density at radius 3 is 2.68 bits per heavy atom. The quantitative estimate of drug-likeness (QED) is 0.663. The van der Waals surface area contributed by atoms with Gasteiger partial charge in [-0.15, -0.1) is 0 Å². The summed E-state index contributed by atoms with van der Waals surface area (Å²) in [6.45, 7) is 3.24. The number of hydrogen-bond donors (Lipinski definition) is 1. The molecule has 2 aromatic rings. The number of hydrogen-bond acceptors (Lipinski definition) is 5. The highest BCUT2D eigenvalue weighted by Gasteiger charge is 2.16. The van der Waals surface area contributed by atoms with E-state index in [0.717, 1.165) is 0 Å². The Kier molecular flexibility index (Phi) is 3.30. The first kappa shape index (κ1) is 13.2. The van der Waals surface area contributed by atoms with Gasteiger partial charge in [-0.25, -0.2) is 4.98 Å². The molecular formula is C12H13N3O4. The van der Waals surface area contributed by atoms with Gasteiger partial charge in [0.05, 0.1) is 34.3 Å². The van der Waals surface area contributed by atoms with Gasteiger partial charge in [-0.2, -0.15) is 0 Å². The summed E-state index contributed by atoms with van der Waals surface area (Å²) in [4.78, 5) is 26.5. The fourth-order valence-electron chi connectivity index (χ4n) is 1.76. The van der Waals surface area contributed by atoms with Gasteiger partial charge in [-0.05, 0) is 19.9 Å². The topological polar surface area (TPSA) is 98.3 Å². The minimum absolute atomic E-state index is 0.158. The van der Waals surface area contributed by atoms with Crippen molar-refractivity contribution in [2.24, 2.45) is 0 Å². The summed E-state index contributed by atoms with van der Waals surface area (Å²) >= 11 is 0. The van der Waals surface area contributed by atoms with Crippen LogP contribution in [0.4, 0.5) is 5.69 Å². The van der Waals surface area contributed by atoms with Crippen molar-refractivity contribution in [2.75, 3.05) is 0 Å². The van der Waals surface area contributed by atoms with Crippen LogP contribution in [0.25, 0.3) is 10.9 Å².